The lowest BCUT2D eigenvalue weighted by Gasteiger charge is -2.05. The summed E-state index contributed by atoms with van der Waals surface area (Å²) in [6.45, 7) is 0.416. The molecule has 1 aromatic carbocycles. The summed E-state index contributed by atoms with van der Waals surface area (Å²) in [6, 6.07) is 6.91. The fourth-order valence-corrected chi connectivity index (χ4v) is 1.42. The molecule has 6 nitrogen and oxygen atoms in total. The van der Waals surface area contributed by atoms with Gasteiger partial charge in [-0.15, -0.1) is 10.2 Å². The molecule has 1 heterocycles. The minimum Gasteiger partial charge on any atom is -0.468 e. The number of benzene rings is 1. The predicted octanol–water partition coefficient (Wildman–Crippen LogP) is 1.14. The quantitative estimate of drug-likeness (QED) is 0.565. The van der Waals surface area contributed by atoms with Gasteiger partial charge in [0, 0.05) is 12.7 Å². The normalized spacial score (nSPS) is 10.3. The van der Waals surface area contributed by atoms with Gasteiger partial charge in [0.1, 0.15) is 18.4 Å². The molecule has 18 heavy (non-hydrogen) atoms. The van der Waals surface area contributed by atoms with E-state index in [0.717, 1.165) is 0 Å². The molecule has 0 bridgehead atoms. The Morgan fingerprint density at radius 2 is 1.89 bits per heavy atom. The van der Waals surface area contributed by atoms with Gasteiger partial charge in [-0.1, -0.05) is 0 Å². The average Bonchev–Trinajstić information content (AvgIpc) is 2.89. The highest BCUT2D eigenvalue weighted by atomic mass is 16.7. The third kappa shape index (κ3) is 3.14. The van der Waals surface area contributed by atoms with Crippen molar-refractivity contribution in [1.29, 1.82) is 0 Å². The number of methoxy groups -OCH3 is 1. The van der Waals surface area contributed by atoms with Crippen LogP contribution in [0.25, 0.3) is 0 Å². The van der Waals surface area contributed by atoms with Crippen LogP contribution >= 0.6 is 0 Å². The van der Waals surface area contributed by atoms with E-state index in [4.69, 9.17) is 9.47 Å². The minimum atomic E-state index is -0.00640. The number of Topliss-reactive ketones (excluding diaryl/α,β-unsaturated/α-hetero) is 1. The molecule has 0 spiro atoms. The van der Waals surface area contributed by atoms with Crippen LogP contribution in [-0.2, 0) is 11.3 Å². The van der Waals surface area contributed by atoms with E-state index < -0.39 is 0 Å². The zero-order valence-electron chi connectivity index (χ0n) is 9.94. The molecule has 1 aromatic heterocycles. The summed E-state index contributed by atoms with van der Waals surface area (Å²) in [6.07, 6.45) is 3.02. The minimum absolute atomic E-state index is 0.00640. The van der Waals surface area contributed by atoms with Gasteiger partial charge in [-0.2, -0.15) is 0 Å². The maximum atomic E-state index is 11.9. The molecule has 94 valence electrons. The van der Waals surface area contributed by atoms with Crippen molar-refractivity contribution < 1.29 is 14.3 Å². The highest BCUT2D eigenvalue weighted by molar-refractivity contribution is 5.95. The van der Waals surface area contributed by atoms with Crippen molar-refractivity contribution in [3.63, 3.8) is 0 Å². The van der Waals surface area contributed by atoms with E-state index >= 15 is 0 Å². The van der Waals surface area contributed by atoms with Crippen LogP contribution in [0.4, 0.5) is 0 Å². The largest absolute Gasteiger partial charge is 0.468 e. The number of rotatable bonds is 6. The molecule has 0 N–H and O–H groups in total. The Hall–Kier alpha value is -2.21. The summed E-state index contributed by atoms with van der Waals surface area (Å²) >= 11 is 0. The number of ketones is 1. The van der Waals surface area contributed by atoms with Gasteiger partial charge in [-0.05, 0) is 24.3 Å². The van der Waals surface area contributed by atoms with Crippen molar-refractivity contribution >= 4 is 5.78 Å². The highest BCUT2D eigenvalue weighted by Gasteiger charge is 2.06. The first kappa shape index (κ1) is 12.3. The SMILES string of the molecule is COCOc1ccc(C(=O)Cn2cnnc2)cc1. The second-order valence-corrected chi connectivity index (χ2v) is 3.63. The molecule has 0 fully saturated rings. The third-order valence-electron chi connectivity index (χ3n) is 2.31. The summed E-state index contributed by atoms with van der Waals surface area (Å²) < 4.78 is 11.6. The van der Waals surface area contributed by atoms with Crippen LogP contribution < -0.4 is 4.74 Å². The smallest absolute Gasteiger partial charge is 0.188 e. The number of ether oxygens (including phenoxy) is 2. The van der Waals surface area contributed by atoms with E-state index in [1.54, 1.807) is 35.9 Å². The van der Waals surface area contributed by atoms with E-state index in [-0.39, 0.29) is 19.1 Å². The highest BCUT2D eigenvalue weighted by Crippen LogP contribution is 2.13. The van der Waals surface area contributed by atoms with Crippen LogP contribution in [0.15, 0.2) is 36.9 Å². The first-order valence-corrected chi connectivity index (χ1v) is 5.37. The lowest BCUT2D eigenvalue weighted by molar-refractivity contribution is 0.0511. The second-order valence-electron chi connectivity index (χ2n) is 3.63. The number of carbonyl (C=O) groups is 1. The topological polar surface area (TPSA) is 66.2 Å². The zero-order valence-corrected chi connectivity index (χ0v) is 9.94. The van der Waals surface area contributed by atoms with Gasteiger partial charge in [0.15, 0.2) is 12.6 Å². The van der Waals surface area contributed by atoms with E-state index in [1.807, 2.05) is 0 Å². The van der Waals surface area contributed by atoms with Crippen LogP contribution in [0.3, 0.4) is 0 Å². The molecule has 0 unspecified atom stereocenters. The molecule has 0 amide bonds. The van der Waals surface area contributed by atoms with Crippen molar-refractivity contribution in [3.8, 4) is 5.75 Å². The lowest BCUT2D eigenvalue weighted by Crippen LogP contribution is -2.09. The van der Waals surface area contributed by atoms with Crippen molar-refractivity contribution in [2.45, 2.75) is 6.54 Å². The molecule has 0 aliphatic rings. The van der Waals surface area contributed by atoms with Crippen LogP contribution in [0.5, 0.6) is 5.75 Å². The standard InChI is InChI=1S/C12H13N3O3/c1-17-9-18-11-4-2-10(3-5-11)12(16)6-15-7-13-14-8-15/h2-5,7-8H,6,9H2,1H3. The van der Waals surface area contributed by atoms with Crippen molar-refractivity contribution in [2.75, 3.05) is 13.9 Å². The summed E-state index contributed by atoms with van der Waals surface area (Å²) in [7, 11) is 1.55. The van der Waals surface area contributed by atoms with Crippen LogP contribution in [0.1, 0.15) is 10.4 Å². The maximum Gasteiger partial charge on any atom is 0.188 e. The third-order valence-corrected chi connectivity index (χ3v) is 2.31. The Kier molecular flexibility index (Phi) is 4.03. The molecule has 0 atom stereocenters. The van der Waals surface area contributed by atoms with E-state index in [0.29, 0.717) is 11.3 Å². The first-order valence-electron chi connectivity index (χ1n) is 5.37. The Balaban J connectivity index is 1.98. The molecule has 2 aromatic rings. The van der Waals surface area contributed by atoms with Crippen LogP contribution in [0.2, 0.25) is 0 Å². The Morgan fingerprint density at radius 3 is 2.50 bits per heavy atom. The monoisotopic (exact) mass is 247 g/mol. The zero-order chi connectivity index (χ0) is 12.8. The predicted molar refractivity (Wildman–Crippen MR) is 63.3 cm³/mol. The molecule has 0 saturated carbocycles. The maximum absolute atomic E-state index is 11.9. The molecule has 0 aliphatic carbocycles. The van der Waals surface area contributed by atoms with Crippen LogP contribution in [-0.4, -0.2) is 34.5 Å². The van der Waals surface area contributed by atoms with Gasteiger partial charge in [0.2, 0.25) is 0 Å². The first-order chi connectivity index (χ1) is 8.79. The summed E-state index contributed by atoms with van der Waals surface area (Å²) in [5.74, 6) is 0.658. The molecule has 0 radical (unpaired) electrons. The number of hydrogen-bond donors (Lipinski definition) is 0. The number of hydrogen-bond acceptors (Lipinski definition) is 5. The second kappa shape index (κ2) is 5.92. The fraction of sp³-hybridized carbons (Fsp3) is 0.250. The summed E-state index contributed by atoms with van der Waals surface area (Å²) in [5.41, 5.74) is 0.619. The van der Waals surface area contributed by atoms with Crippen molar-refractivity contribution in [1.82, 2.24) is 14.8 Å². The van der Waals surface area contributed by atoms with Crippen molar-refractivity contribution in [2.24, 2.45) is 0 Å². The van der Waals surface area contributed by atoms with Gasteiger partial charge in [0.25, 0.3) is 0 Å². The van der Waals surface area contributed by atoms with Crippen LogP contribution in [0, 0.1) is 0 Å². The van der Waals surface area contributed by atoms with Crippen molar-refractivity contribution in [3.05, 3.63) is 42.5 Å². The number of nitrogens with zero attached hydrogens (tertiary/aromatic N) is 3. The fourth-order valence-electron chi connectivity index (χ4n) is 1.42. The van der Waals surface area contributed by atoms with Gasteiger partial charge >= 0.3 is 0 Å². The molecule has 6 heteroatoms. The average molecular weight is 247 g/mol. The van der Waals surface area contributed by atoms with E-state index in [1.165, 1.54) is 12.7 Å². The molecule has 0 aliphatic heterocycles. The molecule has 2 rings (SSSR count). The molecule has 0 saturated heterocycles. The number of carbonyl (C=O) groups excluding carboxylic acids is 1. The summed E-state index contributed by atoms with van der Waals surface area (Å²) in [4.78, 5) is 11.9. The van der Waals surface area contributed by atoms with E-state index in [2.05, 4.69) is 10.2 Å². The Bertz CT molecular complexity index is 494. The Morgan fingerprint density at radius 1 is 1.22 bits per heavy atom. The van der Waals surface area contributed by atoms with E-state index in [9.17, 15) is 4.79 Å². The lowest BCUT2D eigenvalue weighted by atomic mass is 10.1. The van der Waals surface area contributed by atoms with Gasteiger partial charge in [0.05, 0.1) is 6.54 Å². The van der Waals surface area contributed by atoms with Gasteiger partial charge in [-0.3, -0.25) is 4.79 Å². The van der Waals surface area contributed by atoms with Gasteiger partial charge < -0.3 is 14.0 Å². The Labute approximate surface area is 104 Å². The summed E-state index contributed by atoms with van der Waals surface area (Å²) in [5, 5.41) is 7.29. The molecular formula is C12H13N3O3. The number of aromatic nitrogens is 3. The van der Waals surface area contributed by atoms with Gasteiger partial charge in [-0.25, -0.2) is 0 Å². The molecular weight excluding hydrogens is 234 g/mol.